The maximum Gasteiger partial charge on any atom is 0.320 e. The highest BCUT2D eigenvalue weighted by molar-refractivity contribution is 8.14. The number of rotatable bonds is 15. The molecule has 52 heavy (non-hydrogen) atoms. The molecular formula is C46H58O3SSi2. The summed E-state index contributed by atoms with van der Waals surface area (Å²) in [5.74, 6) is 0.707. The second kappa shape index (κ2) is 18.4. The normalized spacial score (nSPS) is 13.0. The van der Waals surface area contributed by atoms with E-state index in [4.69, 9.17) is 8.85 Å². The fourth-order valence-electron chi connectivity index (χ4n) is 7.32. The minimum Gasteiger partial charge on any atom is -0.529 e. The summed E-state index contributed by atoms with van der Waals surface area (Å²) in [4.78, 5) is 12.6. The monoisotopic (exact) mass is 746 g/mol. The molecular weight excluding hydrogens is 689 g/mol. The van der Waals surface area contributed by atoms with Gasteiger partial charge in [-0.15, -0.1) is 0 Å². The summed E-state index contributed by atoms with van der Waals surface area (Å²) in [6, 6.07) is 43.0. The molecule has 0 spiro atoms. The number of carbonyl (C=O) groups is 1. The van der Waals surface area contributed by atoms with Crippen LogP contribution >= 0.6 is 11.8 Å². The summed E-state index contributed by atoms with van der Waals surface area (Å²) < 4.78 is 14.5. The number of allylic oxidation sites excluding steroid dienone is 1. The van der Waals surface area contributed by atoms with E-state index in [2.05, 4.69) is 176 Å². The first-order valence-electron chi connectivity index (χ1n) is 18.6. The third-order valence-electron chi connectivity index (χ3n) is 9.71. The van der Waals surface area contributed by atoms with Gasteiger partial charge in [0, 0.05) is 18.8 Å². The molecule has 0 bridgehead atoms. The van der Waals surface area contributed by atoms with Crippen LogP contribution in [0.4, 0.5) is 0 Å². The summed E-state index contributed by atoms with van der Waals surface area (Å²) in [5.41, 5.74) is 4.69. The molecule has 0 N–H and O–H groups in total. The van der Waals surface area contributed by atoms with Gasteiger partial charge in [0.15, 0.2) is 5.12 Å². The van der Waals surface area contributed by atoms with E-state index in [1.807, 2.05) is 19.1 Å². The summed E-state index contributed by atoms with van der Waals surface area (Å²) in [7, 11) is -5.46. The Balaban J connectivity index is 1.64. The molecule has 0 amide bonds. The van der Waals surface area contributed by atoms with E-state index in [-0.39, 0.29) is 20.4 Å². The number of carbonyl (C=O) groups excluding carboxylic acids is 1. The standard InChI is InChI=1S/C46H58O3SSi2/c1-10-25-39(49-52(46(7,8)9,42-30-19-13-20-31-42)43-32-21-14-22-33-43)36-37(2)44(50-38(3)47)34-23-24-35-48-51(45(4,5)6,40-26-15-11-16-27-40)41-28-17-12-18-29-41/h10-22,25-33,44H,23-24,34-35H2,1-9H3/b25-10+/t36?,44-/m0/s1. The van der Waals surface area contributed by atoms with Crippen molar-refractivity contribution >= 4 is 54.3 Å². The van der Waals surface area contributed by atoms with E-state index in [9.17, 15) is 4.79 Å². The van der Waals surface area contributed by atoms with Crippen LogP contribution in [0.3, 0.4) is 0 Å². The lowest BCUT2D eigenvalue weighted by Crippen LogP contribution is -2.66. The molecule has 274 valence electrons. The molecule has 0 saturated heterocycles. The summed E-state index contributed by atoms with van der Waals surface area (Å²) >= 11 is 1.39. The molecule has 0 radical (unpaired) electrons. The van der Waals surface area contributed by atoms with Crippen LogP contribution in [0, 0.1) is 0 Å². The first-order valence-corrected chi connectivity index (χ1v) is 23.3. The van der Waals surface area contributed by atoms with Crippen molar-refractivity contribution in [3.05, 3.63) is 151 Å². The molecule has 4 aromatic carbocycles. The maximum absolute atomic E-state index is 12.6. The van der Waals surface area contributed by atoms with Gasteiger partial charge < -0.3 is 8.85 Å². The number of benzene rings is 4. The third kappa shape index (κ3) is 9.66. The number of hydrogen-bond acceptors (Lipinski definition) is 4. The van der Waals surface area contributed by atoms with Gasteiger partial charge in [-0.05, 0) is 75.6 Å². The van der Waals surface area contributed by atoms with Crippen molar-refractivity contribution in [2.75, 3.05) is 6.61 Å². The highest BCUT2D eigenvalue weighted by Crippen LogP contribution is 2.39. The summed E-state index contributed by atoms with van der Waals surface area (Å²) in [5, 5.41) is 4.85. The minimum atomic E-state index is -2.86. The number of thioether (sulfide) groups is 1. The molecule has 0 fully saturated rings. The first-order chi connectivity index (χ1) is 24.8. The van der Waals surface area contributed by atoms with Gasteiger partial charge in [0.2, 0.25) is 0 Å². The van der Waals surface area contributed by atoms with Crippen LogP contribution < -0.4 is 20.7 Å². The predicted octanol–water partition coefficient (Wildman–Crippen LogP) is 9.96. The Hall–Kier alpha value is -3.65. The van der Waals surface area contributed by atoms with Crippen molar-refractivity contribution in [3.63, 3.8) is 0 Å². The molecule has 3 nitrogen and oxygen atoms in total. The Labute approximate surface area is 320 Å². The third-order valence-corrected chi connectivity index (χ3v) is 20.9. The molecule has 6 heteroatoms. The molecule has 0 aliphatic rings. The van der Waals surface area contributed by atoms with Gasteiger partial charge in [-0.2, -0.15) is 0 Å². The fraction of sp³-hybridized carbons (Fsp3) is 0.348. The van der Waals surface area contributed by atoms with Gasteiger partial charge in [-0.1, -0.05) is 186 Å². The van der Waals surface area contributed by atoms with Crippen molar-refractivity contribution in [1.29, 1.82) is 0 Å². The Morgan fingerprint density at radius 3 is 1.44 bits per heavy atom. The van der Waals surface area contributed by atoms with Crippen LogP contribution in [0.25, 0.3) is 0 Å². The van der Waals surface area contributed by atoms with E-state index in [0.29, 0.717) is 12.4 Å². The molecule has 0 saturated carbocycles. The lowest BCUT2D eigenvalue weighted by Gasteiger charge is -2.43. The van der Waals surface area contributed by atoms with E-state index in [1.165, 1.54) is 32.5 Å². The average Bonchev–Trinajstić information content (AvgIpc) is 3.12. The highest BCUT2D eigenvalue weighted by Gasteiger charge is 2.52. The molecule has 4 aromatic rings. The zero-order valence-corrected chi connectivity index (χ0v) is 35.6. The van der Waals surface area contributed by atoms with Gasteiger partial charge >= 0.3 is 8.32 Å². The van der Waals surface area contributed by atoms with Crippen molar-refractivity contribution in [2.45, 2.75) is 96.9 Å². The van der Waals surface area contributed by atoms with Crippen LogP contribution in [-0.2, 0) is 13.6 Å². The molecule has 4 rings (SSSR count). The Morgan fingerprint density at radius 2 is 1.08 bits per heavy atom. The largest absolute Gasteiger partial charge is 0.529 e. The van der Waals surface area contributed by atoms with Crippen molar-refractivity contribution in [1.82, 2.24) is 0 Å². The Morgan fingerprint density at radius 1 is 0.673 bits per heavy atom. The molecule has 0 aromatic heterocycles. The molecule has 0 heterocycles. The van der Waals surface area contributed by atoms with E-state index < -0.39 is 16.6 Å². The smallest absolute Gasteiger partial charge is 0.320 e. The summed E-state index contributed by atoms with van der Waals surface area (Å²) in [6.07, 6.45) is 6.71. The van der Waals surface area contributed by atoms with E-state index in [1.54, 1.807) is 6.92 Å². The van der Waals surface area contributed by atoms with Gasteiger partial charge in [0.25, 0.3) is 8.32 Å². The van der Waals surface area contributed by atoms with E-state index >= 15 is 0 Å². The minimum absolute atomic E-state index is 0.0200. The number of hydrogen-bond donors (Lipinski definition) is 0. The van der Waals surface area contributed by atoms with Crippen LogP contribution in [0.5, 0.6) is 0 Å². The molecule has 0 unspecified atom stereocenters. The highest BCUT2D eigenvalue weighted by atomic mass is 32.2. The lowest BCUT2D eigenvalue weighted by molar-refractivity contribution is -0.109. The second-order valence-electron chi connectivity index (χ2n) is 15.5. The zero-order valence-electron chi connectivity index (χ0n) is 32.7. The van der Waals surface area contributed by atoms with Crippen LogP contribution in [0.15, 0.2) is 151 Å². The fourth-order valence-corrected chi connectivity index (χ4v) is 17.2. The first kappa shape index (κ1) is 41.1. The average molecular weight is 747 g/mol. The van der Waals surface area contributed by atoms with E-state index in [0.717, 1.165) is 24.8 Å². The van der Waals surface area contributed by atoms with Crippen molar-refractivity contribution in [3.8, 4) is 0 Å². The summed E-state index contributed by atoms with van der Waals surface area (Å²) in [6.45, 7) is 20.2. The molecule has 1 atom stereocenters. The van der Waals surface area contributed by atoms with Crippen LogP contribution in [0.1, 0.15) is 81.6 Å². The quantitative estimate of drug-likeness (QED) is 0.0399. The molecule has 0 aliphatic heterocycles. The molecule has 0 aliphatic carbocycles. The van der Waals surface area contributed by atoms with Gasteiger partial charge in [-0.3, -0.25) is 4.79 Å². The number of unbranched alkanes of at least 4 members (excludes halogenated alkanes) is 1. The Kier molecular flexibility index (Phi) is 14.6. The predicted molar refractivity (Wildman–Crippen MR) is 229 cm³/mol. The van der Waals surface area contributed by atoms with Gasteiger partial charge in [-0.25, -0.2) is 0 Å². The zero-order chi connectivity index (χ0) is 37.8. The Bertz CT molecular complexity index is 1720. The lowest BCUT2D eigenvalue weighted by atomic mass is 10.1. The topological polar surface area (TPSA) is 35.5 Å². The van der Waals surface area contributed by atoms with Gasteiger partial charge in [0.05, 0.1) is 0 Å². The van der Waals surface area contributed by atoms with Crippen molar-refractivity contribution < 1.29 is 13.6 Å². The van der Waals surface area contributed by atoms with Crippen molar-refractivity contribution in [2.24, 2.45) is 0 Å². The van der Waals surface area contributed by atoms with Crippen LogP contribution in [0.2, 0.25) is 10.1 Å². The van der Waals surface area contributed by atoms with Gasteiger partial charge in [0.1, 0.15) is 5.76 Å². The van der Waals surface area contributed by atoms with Crippen LogP contribution in [-0.4, -0.2) is 33.6 Å². The maximum atomic E-state index is 12.6. The second-order valence-corrected chi connectivity index (χ2v) is 25.4. The SMILES string of the molecule is C/C=C/C(=C=C(C)[C@H](CCCCO[Si](c1ccccc1)(c1ccccc1)C(C)(C)C)SC(C)=O)O[Si](c1ccccc1)(c1ccccc1)C(C)(C)C.